The number of rotatable bonds is 6. The second-order valence-electron chi connectivity index (χ2n) is 6.90. The number of nitrogens with zero attached hydrogens (tertiary/aromatic N) is 4. The monoisotopic (exact) mass is 401 g/mol. The molecule has 1 unspecified atom stereocenters. The van der Waals surface area contributed by atoms with Crippen LogP contribution in [0.25, 0.3) is 23.0 Å². The van der Waals surface area contributed by atoms with Gasteiger partial charge in [0.2, 0.25) is 5.82 Å². The van der Waals surface area contributed by atoms with Crippen LogP contribution in [0.2, 0.25) is 0 Å². The van der Waals surface area contributed by atoms with Gasteiger partial charge in [-0.2, -0.15) is 4.98 Å². The van der Waals surface area contributed by atoms with E-state index >= 15 is 0 Å². The summed E-state index contributed by atoms with van der Waals surface area (Å²) in [6.07, 6.45) is 1.63. The number of aromatic nitrogens is 3. The number of benzene rings is 2. The fraction of sp³-hybridized carbons (Fsp3) is 0.136. The minimum Gasteiger partial charge on any atom is -0.373 e. The first kappa shape index (κ1) is 19.3. The Morgan fingerprint density at radius 3 is 2.60 bits per heavy atom. The third-order valence-corrected chi connectivity index (χ3v) is 4.71. The number of aryl methyl sites for hydroxylation is 1. The summed E-state index contributed by atoms with van der Waals surface area (Å²) < 4.78 is 5.30. The Bertz CT molecular complexity index is 1170. The van der Waals surface area contributed by atoms with Crippen molar-refractivity contribution in [2.75, 3.05) is 5.32 Å². The van der Waals surface area contributed by atoms with Gasteiger partial charge in [0.15, 0.2) is 0 Å². The van der Waals surface area contributed by atoms with Gasteiger partial charge in [-0.15, -0.1) is 0 Å². The van der Waals surface area contributed by atoms with E-state index in [0.717, 1.165) is 11.1 Å². The molecule has 0 aliphatic carbocycles. The predicted octanol–water partition coefficient (Wildman–Crippen LogP) is 5.19. The smallest absolute Gasteiger partial charge is 0.293 e. The van der Waals surface area contributed by atoms with Crippen molar-refractivity contribution in [1.82, 2.24) is 15.1 Å². The highest BCUT2D eigenvalue weighted by atomic mass is 16.6. The van der Waals surface area contributed by atoms with Gasteiger partial charge in [-0.3, -0.25) is 15.1 Å². The Balaban J connectivity index is 1.62. The van der Waals surface area contributed by atoms with Gasteiger partial charge >= 0.3 is 0 Å². The highest BCUT2D eigenvalue weighted by Gasteiger charge is 2.20. The lowest BCUT2D eigenvalue weighted by Crippen LogP contribution is -2.08. The van der Waals surface area contributed by atoms with Crippen LogP contribution >= 0.6 is 0 Å². The Labute approximate surface area is 172 Å². The largest absolute Gasteiger partial charge is 0.373 e. The summed E-state index contributed by atoms with van der Waals surface area (Å²) in [6.45, 7) is 3.97. The molecule has 2 aromatic carbocycles. The van der Waals surface area contributed by atoms with Gasteiger partial charge in [-0.1, -0.05) is 41.1 Å². The normalized spacial score (nSPS) is 11.8. The Kier molecular flexibility index (Phi) is 5.21. The van der Waals surface area contributed by atoms with Crippen LogP contribution in [0.3, 0.4) is 0 Å². The Morgan fingerprint density at radius 2 is 1.90 bits per heavy atom. The van der Waals surface area contributed by atoms with Gasteiger partial charge in [-0.25, -0.2) is 0 Å². The summed E-state index contributed by atoms with van der Waals surface area (Å²) in [5.74, 6) is 0.514. The molecule has 2 aromatic heterocycles. The molecule has 0 saturated carbocycles. The molecule has 2 heterocycles. The topological polar surface area (TPSA) is 107 Å². The molecule has 8 heteroatoms. The highest BCUT2D eigenvalue weighted by molar-refractivity contribution is 5.70. The molecular formula is C22H19N5O3. The van der Waals surface area contributed by atoms with Gasteiger partial charge in [0.05, 0.1) is 4.92 Å². The number of nitrogens with one attached hydrogen (secondary N) is 1. The van der Waals surface area contributed by atoms with Crippen LogP contribution in [0.15, 0.2) is 71.4 Å². The molecule has 0 saturated heterocycles. The summed E-state index contributed by atoms with van der Waals surface area (Å²) in [5.41, 5.74) is 3.57. The first-order chi connectivity index (χ1) is 14.5. The van der Waals surface area contributed by atoms with E-state index in [2.05, 4.69) is 20.4 Å². The lowest BCUT2D eigenvalue weighted by Gasteiger charge is -2.16. The molecule has 1 N–H and O–H groups in total. The molecule has 0 bridgehead atoms. The van der Waals surface area contributed by atoms with Crippen molar-refractivity contribution < 1.29 is 9.45 Å². The molecule has 8 nitrogen and oxygen atoms in total. The van der Waals surface area contributed by atoms with Gasteiger partial charge in [-0.05, 0) is 43.7 Å². The van der Waals surface area contributed by atoms with Crippen molar-refractivity contribution in [1.29, 1.82) is 0 Å². The Hall–Kier alpha value is -4.07. The number of nitro groups is 1. The van der Waals surface area contributed by atoms with E-state index in [1.807, 2.05) is 44.2 Å². The number of hydrogen-bond acceptors (Lipinski definition) is 7. The second-order valence-corrected chi connectivity index (χ2v) is 6.90. The molecular weight excluding hydrogens is 382 g/mol. The summed E-state index contributed by atoms with van der Waals surface area (Å²) >= 11 is 0. The second kappa shape index (κ2) is 8.12. The first-order valence-corrected chi connectivity index (χ1v) is 9.38. The van der Waals surface area contributed by atoms with Crippen LogP contribution in [0, 0.1) is 17.0 Å². The zero-order valence-electron chi connectivity index (χ0n) is 16.4. The average molecular weight is 401 g/mol. The lowest BCUT2D eigenvalue weighted by molar-refractivity contribution is -0.383. The highest BCUT2D eigenvalue weighted by Crippen LogP contribution is 2.33. The van der Waals surface area contributed by atoms with E-state index in [4.69, 9.17) is 4.52 Å². The first-order valence-electron chi connectivity index (χ1n) is 9.38. The molecule has 0 aliphatic heterocycles. The van der Waals surface area contributed by atoms with Crippen LogP contribution in [-0.4, -0.2) is 20.0 Å². The van der Waals surface area contributed by atoms with Gasteiger partial charge in [0.25, 0.3) is 11.6 Å². The van der Waals surface area contributed by atoms with E-state index < -0.39 is 4.92 Å². The Morgan fingerprint density at radius 1 is 1.10 bits per heavy atom. The third-order valence-electron chi connectivity index (χ3n) is 4.71. The maximum atomic E-state index is 11.7. The molecule has 4 aromatic rings. The number of hydrogen-bond donors (Lipinski definition) is 1. The molecule has 30 heavy (non-hydrogen) atoms. The standard InChI is InChI=1S/C22H19N5O3/c1-14-6-8-16(9-7-14)15(2)24-18-11-10-17(13-20(18)27(28)29)22-25-21(26-30-22)19-5-3-4-12-23-19/h3-13,15,24H,1-2H3. The van der Waals surface area contributed by atoms with Gasteiger partial charge in [0, 0.05) is 23.9 Å². The zero-order valence-corrected chi connectivity index (χ0v) is 16.4. The molecule has 150 valence electrons. The molecule has 0 fully saturated rings. The van der Waals surface area contributed by atoms with E-state index in [9.17, 15) is 10.1 Å². The molecule has 4 rings (SSSR count). The maximum Gasteiger partial charge on any atom is 0.293 e. The van der Waals surface area contributed by atoms with E-state index in [-0.39, 0.29) is 17.6 Å². The lowest BCUT2D eigenvalue weighted by atomic mass is 10.1. The molecule has 0 spiro atoms. The summed E-state index contributed by atoms with van der Waals surface area (Å²) in [5, 5.41) is 18.8. The van der Waals surface area contributed by atoms with Gasteiger partial charge < -0.3 is 9.84 Å². The molecule has 0 aliphatic rings. The SMILES string of the molecule is Cc1ccc(C(C)Nc2ccc(-c3nc(-c4ccccn4)no3)cc2[N+](=O)[O-])cc1. The summed E-state index contributed by atoms with van der Waals surface area (Å²) in [6, 6.07) is 18.1. The van der Waals surface area contributed by atoms with E-state index in [0.29, 0.717) is 22.8 Å². The number of nitro benzene ring substituents is 1. The van der Waals surface area contributed by atoms with Crippen LogP contribution in [0.1, 0.15) is 24.1 Å². The summed E-state index contributed by atoms with van der Waals surface area (Å²) in [4.78, 5) is 19.8. The predicted molar refractivity (Wildman–Crippen MR) is 113 cm³/mol. The number of anilines is 1. The van der Waals surface area contributed by atoms with Gasteiger partial charge in [0.1, 0.15) is 11.4 Å². The van der Waals surface area contributed by atoms with Crippen molar-refractivity contribution in [3.05, 3.63) is 88.1 Å². The fourth-order valence-corrected chi connectivity index (χ4v) is 3.05. The van der Waals surface area contributed by atoms with Crippen molar-refractivity contribution in [3.63, 3.8) is 0 Å². The minimum absolute atomic E-state index is 0.0657. The molecule has 0 radical (unpaired) electrons. The number of pyridine rings is 1. The quantitative estimate of drug-likeness (QED) is 0.350. The van der Waals surface area contributed by atoms with Crippen molar-refractivity contribution >= 4 is 11.4 Å². The zero-order chi connectivity index (χ0) is 21.1. The maximum absolute atomic E-state index is 11.7. The van der Waals surface area contributed by atoms with Crippen molar-refractivity contribution in [2.45, 2.75) is 19.9 Å². The summed E-state index contributed by atoms with van der Waals surface area (Å²) in [7, 11) is 0. The molecule has 1 atom stereocenters. The van der Waals surface area contributed by atoms with E-state index in [1.54, 1.807) is 30.5 Å². The van der Waals surface area contributed by atoms with Crippen LogP contribution < -0.4 is 5.32 Å². The van der Waals surface area contributed by atoms with Crippen LogP contribution in [-0.2, 0) is 0 Å². The average Bonchev–Trinajstić information content (AvgIpc) is 3.25. The van der Waals surface area contributed by atoms with Crippen LogP contribution in [0.5, 0.6) is 0 Å². The molecule has 0 amide bonds. The van der Waals surface area contributed by atoms with E-state index in [1.165, 1.54) is 6.07 Å². The van der Waals surface area contributed by atoms with Crippen molar-refractivity contribution in [3.8, 4) is 23.0 Å². The van der Waals surface area contributed by atoms with Crippen molar-refractivity contribution in [2.24, 2.45) is 0 Å². The fourth-order valence-electron chi connectivity index (χ4n) is 3.05. The minimum atomic E-state index is -0.427. The van der Waals surface area contributed by atoms with Crippen LogP contribution in [0.4, 0.5) is 11.4 Å². The third kappa shape index (κ3) is 4.02.